The number of carbonyl (C=O) groups excluding carboxylic acids is 1. The van der Waals surface area contributed by atoms with E-state index in [0.29, 0.717) is 24.5 Å². The number of nitrogens with zero attached hydrogens (tertiary/aromatic N) is 1. The third-order valence-corrected chi connectivity index (χ3v) is 4.32. The first-order valence-electron chi connectivity index (χ1n) is 8.25. The summed E-state index contributed by atoms with van der Waals surface area (Å²) in [6.45, 7) is 4.45. The molecule has 1 amide bonds. The number of amides is 1. The van der Waals surface area contributed by atoms with Crippen molar-refractivity contribution in [1.29, 1.82) is 0 Å². The quantitative estimate of drug-likeness (QED) is 0.756. The van der Waals surface area contributed by atoms with Gasteiger partial charge in [0.05, 0.1) is 6.61 Å². The zero-order chi connectivity index (χ0) is 19.2. The van der Waals surface area contributed by atoms with Gasteiger partial charge in [-0.15, -0.1) is 0 Å². The van der Waals surface area contributed by atoms with E-state index < -0.39 is 17.0 Å². The van der Waals surface area contributed by atoms with E-state index in [4.69, 9.17) is 4.74 Å². The number of pyridine rings is 1. The number of anilines is 1. The van der Waals surface area contributed by atoms with Crippen molar-refractivity contribution in [3.8, 4) is 0 Å². The van der Waals surface area contributed by atoms with Crippen LogP contribution in [0, 0.1) is 17.0 Å². The van der Waals surface area contributed by atoms with Gasteiger partial charge in [-0.2, -0.15) is 0 Å². The predicted molar refractivity (Wildman–Crippen MR) is 96.0 cm³/mol. The SMILES string of the molecule is COCC(C)(CNc1cc(F)cc(F)c1)C(C)NC(=O)c1ccccn1. The molecule has 0 saturated carbocycles. The third kappa shape index (κ3) is 5.23. The molecule has 0 aliphatic heterocycles. The van der Waals surface area contributed by atoms with Crippen molar-refractivity contribution in [3.63, 3.8) is 0 Å². The minimum absolute atomic E-state index is 0.289. The van der Waals surface area contributed by atoms with Crippen molar-refractivity contribution < 1.29 is 18.3 Å². The number of benzene rings is 1. The van der Waals surface area contributed by atoms with Crippen LogP contribution in [0.1, 0.15) is 24.3 Å². The number of halogens is 2. The molecule has 0 fully saturated rings. The summed E-state index contributed by atoms with van der Waals surface area (Å²) in [5.74, 6) is -1.60. The van der Waals surface area contributed by atoms with E-state index in [2.05, 4.69) is 15.6 Å². The summed E-state index contributed by atoms with van der Waals surface area (Å²) >= 11 is 0. The first-order valence-corrected chi connectivity index (χ1v) is 8.25. The summed E-state index contributed by atoms with van der Waals surface area (Å²) in [5.41, 5.74) is 0.120. The summed E-state index contributed by atoms with van der Waals surface area (Å²) in [6.07, 6.45) is 1.55. The van der Waals surface area contributed by atoms with Crippen molar-refractivity contribution in [2.45, 2.75) is 19.9 Å². The van der Waals surface area contributed by atoms with Crippen LogP contribution in [0.15, 0.2) is 42.6 Å². The molecule has 0 radical (unpaired) electrons. The number of hydrogen-bond donors (Lipinski definition) is 2. The number of nitrogens with one attached hydrogen (secondary N) is 2. The van der Waals surface area contributed by atoms with Gasteiger partial charge in [0.2, 0.25) is 0 Å². The summed E-state index contributed by atoms with van der Waals surface area (Å²) < 4.78 is 32.0. The average molecular weight is 363 g/mol. The van der Waals surface area contributed by atoms with Gasteiger partial charge in [0.15, 0.2) is 0 Å². The average Bonchev–Trinajstić information content (AvgIpc) is 2.60. The van der Waals surface area contributed by atoms with Crippen LogP contribution in [0.3, 0.4) is 0 Å². The molecule has 0 bridgehead atoms. The Morgan fingerprint density at radius 3 is 2.54 bits per heavy atom. The zero-order valence-electron chi connectivity index (χ0n) is 15.1. The Balaban J connectivity index is 2.07. The molecule has 0 saturated heterocycles. The van der Waals surface area contributed by atoms with Gasteiger partial charge in [-0.05, 0) is 31.2 Å². The molecule has 2 aromatic rings. The van der Waals surface area contributed by atoms with Crippen LogP contribution >= 0.6 is 0 Å². The molecule has 1 aromatic heterocycles. The Morgan fingerprint density at radius 2 is 1.96 bits per heavy atom. The van der Waals surface area contributed by atoms with E-state index in [0.717, 1.165) is 6.07 Å². The van der Waals surface area contributed by atoms with E-state index in [1.165, 1.54) is 12.1 Å². The lowest BCUT2D eigenvalue weighted by molar-refractivity contribution is 0.0660. The zero-order valence-corrected chi connectivity index (χ0v) is 15.1. The van der Waals surface area contributed by atoms with Gasteiger partial charge >= 0.3 is 0 Å². The first kappa shape index (κ1) is 19.8. The van der Waals surface area contributed by atoms with Gasteiger partial charge in [0, 0.05) is 43.1 Å². The molecule has 1 aromatic carbocycles. The Bertz CT molecular complexity index is 723. The van der Waals surface area contributed by atoms with Gasteiger partial charge in [0.25, 0.3) is 5.91 Å². The van der Waals surface area contributed by atoms with Crippen molar-refractivity contribution >= 4 is 11.6 Å². The molecule has 5 nitrogen and oxygen atoms in total. The highest BCUT2D eigenvalue weighted by atomic mass is 19.1. The molecule has 0 spiro atoms. The van der Waals surface area contributed by atoms with Crippen molar-refractivity contribution in [1.82, 2.24) is 10.3 Å². The van der Waals surface area contributed by atoms with Crippen LogP contribution in [0.2, 0.25) is 0 Å². The Morgan fingerprint density at radius 1 is 1.27 bits per heavy atom. The fourth-order valence-electron chi connectivity index (χ4n) is 2.56. The Kier molecular flexibility index (Phi) is 6.63. The largest absolute Gasteiger partial charge is 0.384 e. The second kappa shape index (κ2) is 8.71. The Hall–Kier alpha value is -2.54. The fraction of sp³-hybridized carbons (Fsp3) is 0.368. The number of ether oxygens (including phenoxy) is 1. The smallest absolute Gasteiger partial charge is 0.270 e. The van der Waals surface area contributed by atoms with Gasteiger partial charge in [-0.1, -0.05) is 13.0 Å². The van der Waals surface area contributed by atoms with Crippen molar-refractivity contribution in [2.24, 2.45) is 5.41 Å². The molecule has 2 unspecified atom stereocenters. The first-order chi connectivity index (χ1) is 12.3. The molecule has 2 rings (SSSR count). The van der Waals surface area contributed by atoms with Crippen LogP contribution in [-0.2, 0) is 4.74 Å². The van der Waals surface area contributed by atoms with E-state index in [1.54, 1.807) is 31.5 Å². The van der Waals surface area contributed by atoms with E-state index >= 15 is 0 Å². The summed E-state index contributed by atoms with van der Waals surface area (Å²) in [4.78, 5) is 16.4. The minimum Gasteiger partial charge on any atom is -0.384 e. The van der Waals surface area contributed by atoms with Gasteiger partial charge in [0.1, 0.15) is 17.3 Å². The molecule has 26 heavy (non-hydrogen) atoms. The lowest BCUT2D eigenvalue weighted by Gasteiger charge is -2.36. The molecular formula is C19H23F2N3O2. The number of aromatic nitrogens is 1. The van der Waals surface area contributed by atoms with Crippen LogP contribution in [0.4, 0.5) is 14.5 Å². The van der Waals surface area contributed by atoms with Crippen LogP contribution < -0.4 is 10.6 Å². The molecule has 0 aliphatic carbocycles. The van der Waals surface area contributed by atoms with Gasteiger partial charge in [-0.3, -0.25) is 9.78 Å². The highest BCUT2D eigenvalue weighted by Gasteiger charge is 2.33. The number of rotatable bonds is 8. The Labute approximate surface area is 151 Å². The molecule has 2 atom stereocenters. The highest BCUT2D eigenvalue weighted by Crippen LogP contribution is 2.24. The second-order valence-electron chi connectivity index (χ2n) is 6.51. The fourth-order valence-corrected chi connectivity index (χ4v) is 2.56. The highest BCUT2D eigenvalue weighted by molar-refractivity contribution is 5.92. The molecule has 2 N–H and O–H groups in total. The topological polar surface area (TPSA) is 63.2 Å². The molecular weight excluding hydrogens is 340 g/mol. The second-order valence-corrected chi connectivity index (χ2v) is 6.51. The minimum atomic E-state index is -0.655. The monoisotopic (exact) mass is 363 g/mol. The summed E-state index contributed by atoms with van der Waals surface area (Å²) in [5, 5.41) is 5.93. The maximum atomic E-state index is 13.3. The molecule has 0 aliphatic rings. The lowest BCUT2D eigenvalue weighted by atomic mass is 9.83. The number of methoxy groups -OCH3 is 1. The lowest BCUT2D eigenvalue weighted by Crippen LogP contribution is -2.50. The molecule has 140 valence electrons. The van der Waals surface area contributed by atoms with Gasteiger partial charge in [-0.25, -0.2) is 8.78 Å². The number of carbonyl (C=O) groups is 1. The summed E-state index contributed by atoms with van der Waals surface area (Å²) in [7, 11) is 1.56. The maximum absolute atomic E-state index is 13.3. The predicted octanol–water partition coefficient (Wildman–Crippen LogP) is 3.24. The van der Waals surface area contributed by atoms with E-state index in [-0.39, 0.29) is 11.9 Å². The van der Waals surface area contributed by atoms with E-state index in [1.807, 2.05) is 13.8 Å². The van der Waals surface area contributed by atoms with Crippen LogP contribution in [0.25, 0.3) is 0 Å². The maximum Gasteiger partial charge on any atom is 0.270 e. The van der Waals surface area contributed by atoms with Crippen LogP contribution in [0.5, 0.6) is 0 Å². The molecule has 7 heteroatoms. The van der Waals surface area contributed by atoms with Crippen molar-refractivity contribution in [3.05, 3.63) is 59.9 Å². The third-order valence-electron chi connectivity index (χ3n) is 4.32. The number of hydrogen-bond acceptors (Lipinski definition) is 4. The van der Waals surface area contributed by atoms with E-state index in [9.17, 15) is 13.6 Å². The molecule has 1 heterocycles. The van der Waals surface area contributed by atoms with Gasteiger partial charge < -0.3 is 15.4 Å². The van der Waals surface area contributed by atoms with Crippen molar-refractivity contribution in [2.75, 3.05) is 25.6 Å². The van der Waals surface area contributed by atoms with Crippen LogP contribution in [-0.4, -0.2) is 37.2 Å². The standard InChI is InChI=1S/C19H23F2N3O2/c1-13(24-18(25)17-6-4-5-7-22-17)19(2,12-26-3)11-23-16-9-14(20)8-15(21)10-16/h4-10,13,23H,11-12H2,1-3H3,(H,24,25). The normalized spacial score (nSPS) is 14.3. The summed E-state index contributed by atoms with van der Waals surface area (Å²) in [6, 6.07) is 8.06.